The molecule has 3 atom stereocenters. The smallest absolute Gasteiger partial charge is 0.241 e. The van der Waals surface area contributed by atoms with Gasteiger partial charge in [0.15, 0.2) is 0 Å². The monoisotopic (exact) mass is 344 g/mol. The van der Waals surface area contributed by atoms with E-state index in [1.807, 2.05) is 0 Å². The summed E-state index contributed by atoms with van der Waals surface area (Å²) in [6.45, 7) is 0.259. The number of hydrogen-bond donors (Lipinski definition) is 3. The van der Waals surface area contributed by atoms with E-state index in [1.165, 1.54) is 19.2 Å². The van der Waals surface area contributed by atoms with Gasteiger partial charge in [-0.1, -0.05) is 6.07 Å². The quantitative estimate of drug-likeness (QED) is 0.653. The second-order valence-corrected chi connectivity index (χ2v) is 7.25. The first-order chi connectivity index (χ1) is 11.0. The minimum Gasteiger partial charge on any atom is -0.497 e. The van der Waals surface area contributed by atoms with Crippen molar-refractivity contribution in [3.63, 3.8) is 0 Å². The van der Waals surface area contributed by atoms with E-state index in [0.29, 0.717) is 31.6 Å². The van der Waals surface area contributed by atoms with Crippen molar-refractivity contribution in [2.75, 3.05) is 20.3 Å². The predicted octanol–water partition coefficient (Wildman–Crippen LogP) is 0.231. The molecule has 1 aliphatic heterocycles. The highest BCUT2D eigenvalue weighted by Crippen LogP contribution is 2.24. The van der Waals surface area contributed by atoms with Crippen molar-refractivity contribution in [2.45, 2.75) is 42.4 Å². The van der Waals surface area contributed by atoms with E-state index in [0.717, 1.165) is 0 Å². The van der Waals surface area contributed by atoms with Gasteiger partial charge in [-0.3, -0.25) is 0 Å². The predicted molar refractivity (Wildman–Crippen MR) is 85.8 cm³/mol. The highest BCUT2D eigenvalue weighted by atomic mass is 32.2. The summed E-state index contributed by atoms with van der Waals surface area (Å²) in [7, 11) is -2.23. The van der Waals surface area contributed by atoms with E-state index in [1.54, 1.807) is 12.1 Å². The Labute approximate surface area is 136 Å². The van der Waals surface area contributed by atoms with Crippen molar-refractivity contribution in [2.24, 2.45) is 5.73 Å². The van der Waals surface area contributed by atoms with E-state index in [4.69, 9.17) is 15.2 Å². The van der Waals surface area contributed by atoms with Crippen LogP contribution in [0.15, 0.2) is 29.2 Å². The third-order valence-electron chi connectivity index (χ3n) is 3.94. The summed E-state index contributed by atoms with van der Waals surface area (Å²) < 4.78 is 38.4. The van der Waals surface area contributed by atoms with Gasteiger partial charge < -0.3 is 20.3 Å². The first-order valence-electron chi connectivity index (χ1n) is 7.63. The average molecular weight is 344 g/mol. The van der Waals surface area contributed by atoms with E-state index >= 15 is 0 Å². The Balaban J connectivity index is 2.10. The van der Waals surface area contributed by atoms with Crippen LogP contribution in [0.25, 0.3) is 0 Å². The first-order valence-corrected chi connectivity index (χ1v) is 9.11. The molecule has 8 heteroatoms. The van der Waals surface area contributed by atoms with Crippen LogP contribution in [0.4, 0.5) is 0 Å². The zero-order chi connectivity index (χ0) is 16.9. The Bertz CT molecular complexity index is 608. The second-order valence-electron chi connectivity index (χ2n) is 5.54. The van der Waals surface area contributed by atoms with Crippen LogP contribution in [0.2, 0.25) is 0 Å². The van der Waals surface area contributed by atoms with Crippen LogP contribution in [0.5, 0.6) is 5.75 Å². The molecule has 130 valence electrons. The average Bonchev–Trinajstić information content (AvgIpc) is 2.56. The van der Waals surface area contributed by atoms with E-state index in [9.17, 15) is 13.5 Å². The van der Waals surface area contributed by atoms with Crippen LogP contribution in [0.3, 0.4) is 0 Å². The molecule has 23 heavy (non-hydrogen) atoms. The second kappa shape index (κ2) is 8.07. The third kappa shape index (κ3) is 4.65. The van der Waals surface area contributed by atoms with Crippen LogP contribution < -0.4 is 15.2 Å². The van der Waals surface area contributed by atoms with Gasteiger partial charge >= 0.3 is 0 Å². The molecule has 0 radical (unpaired) electrons. The number of methoxy groups -OCH3 is 1. The molecule has 0 aromatic heterocycles. The van der Waals surface area contributed by atoms with Gasteiger partial charge in [0.2, 0.25) is 10.0 Å². The molecule has 2 rings (SSSR count). The molecule has 1 fully saturated rings. The molecule has 1 aliphatic rings. The summed E-state index contributed by atoms with van der Waals surface area (Å²) in [5.74, 6) is 0.467. The fraction of sp³-hybridized carbons (Fsp3) is 0.600. The largest absolute Gasteiger partial charge is 0.497 e. The molecule has 1 saturated heterocycles. The Morgan fingerprint density at radius 2 is 2.22 bits per heavy atom. The lowest BCUT2D eigenvalue weighted by Crippen LogP contribution is -2.51. The van der Waals surface area contributed by atoms with Crippen molar-refractivity contribution in [3.05, 3.63) is 24.3 Å². The number of sulfonamides is 1. The van der Waals surface area contributed by atoms with Gasteiger partial charge in [0, 0.05) is 6.07 Å². The number of nitrogens with two attached hydrogens (primary N) is 1. The zero-order valence-electron chi connectivity index (χ0n) is 13.1. The molecule has 0 saturated carbocycles. The number of ether oxygens (including phenoxy) is 2. The summed E-state index contributed by atoms with van der Waals surface area (Å²) in [4.78, 5) is 0.123. The van der Waals surface area contributed by atoms with Gasteiger partial charge in [-0.25, -0.2) is 13.1 Å². The van der Waals surface area contributed by atoms with Gasteiger partial charge in [0.25, 0.3) is 0 Å². The number of aliphatic hydroxyl groups excluding tert-OH is 1. The molecular formula is C15H24N2O5S. The van der Waals surface area contributed by atoms with Crippen molar-refractivity contribution in [3.8, 4) is 5.75 Å². The Hall–Kier alpha value is -1.19. The van der Waals surface area contributed by atoms with Gasteiger partial charge in [0.05, 0.1) is 36.9 Å². The van der Waals surface area contributed by atoms with Crippen molar-refractivity contribution >= 4 is 10.0 Å². The summed E-state index contributed by atoms with van der Waals surface area (Å²) >= 11 is 0. The van der Waals surface area contributed by atoms with Crippen LogP contribution in [0, 0.1) is 0 Å². The standard InChI is InChI=1S/C15H24N2O5S/c1-21-12-3-2-4-13(9-12)23(19,20)17-14-6-5-11(7-8-16)22-15(14)10-18/h2-4,9,11,14-15,17-18H,5-8,10,16H2,1H3/t11-,14-,15+/m1/s1. The molecule has 0 spiro atoms. The Morgan fingerprint density at radius 3 is 2.87 bits per heavy atom. The topological polar surface area (TPSA) is 111 Å². The minimum atomic E-state index is -3.71. The lowest BCUT2D eigenvalue weighted by molar-refractivity contribution is -0.0867. The van der Waals surface area contributed by atoms with Gasteiger partial charge in [-0.05, 0) is 37.9 Å². The lowest BCUT2D eigenvalue weighted by Gasteiger charge is -2.35. The molecule has 1 aromatic rings. The number of nitrogens with one attached hydrogen (secondary N) is 1. The SMILES string of the molecule is COc1cccc(S(=O)(=O)N[C@@H]2CC[C@H](CCN)O[C@H]2CO)c1. The summed E-state index contributed by atoms with van der Waals surface area (Å²) in [5.41, 5.74) is 5.52. The fourth-order valence-corrected chi connectivity index (χ4v) is 4.03. The maximum Gasteiger partial charge on any atom is 0.241 e. The maximum atomic E-state index is 12.5. The van der Waals surface area contributed by atoms with Crippen LogP contribution in [-0.2, 0) is 14.8 Å². The van der Waals surface area contributed by atoms with Crippen molar-refractivity contribution in [1.29, 1.82) is 0 Å². The normalized spacial score (nSPS) is 25.3. The lowest BCUT2D eigenvalue weighted by atomic mass is 9.98. The Kier molecular flexibility index (Phi) is 6.37. The molecule has 0 aliphatic carbocycles. The zero-order valence-corrected chi connectivity index (χ0v) is 14.0. The van der Waals surface area contributed by atoms with Crippen LogP contribution >= 0.6 is 0 Å². The molecule has 0 amide bonds. The summed E-state index contributed by atoms with van der Waals surface area (Å²) in [6, 6.07) is 5.78. The van der Waals surface area contributed by atoms with Gasteiger partial charge in [-0.2, -0.15) is 0 Å². The van der Waals surface area contributed by atoms with Crippen LogP contribution in [0.1, 0.15) is 19.3 Å². The molecule has 4 N–H and O–H groups in total. The van der Waals surface area contributed by atoms with Gasteiger partial charge in [-0.15, -0.1) is 0 Å². The number of rotatable bonds is 7. The minimum absolute atomic E-state index is 0.0327. The molecule has 1 heterocycles. The number of aliphatic hydroxyl groups is 1. The molecular weight excluding hydrogens is 320 g/mol. The molecule has 0 bridgehead atoms. The summed E-state index contributed by atoms with van der Waals surface area (Å²) in [5, 5.41) is 9.49. The van der Waals surface area contributed by atoms with Gasteiger partial charge in [0.1, 0.15) is 5.75 Å². The van der Waals surface area contributed by atoms with Crippen LogP contribution in [-0.4, -0.2) is 52.0 Å². The highest BCUT2D eigenvalue weighted by Gasteiger charge is 2.33. The number of benzene rings is 1. The van der Waals surface area contributed by atoms with E-state index in [-0.39, 0.29) is 17.6 Å². The number of hydrogen-bond acceptors (Lipinski definition) is 6. The third-order valence-corrected chi connectivity index (χ3v) is 5.43. The van der Waals surface area contributed by atoms with Crippen molar-refractivity contribution < 1.29 is 23.0 Å². The Morgan fingerprint density at radius 1 is 1.43 bits per heavy atom. The fourth-order valence-electron chi connectivity index (χ4n) is 2.70. The highest BCUT2D eigenvalue weighted by molar-refractivity contribution is 7.89. The molecule has 7 nitrogen and oxygen atoms in total. The molecule has 1 aromatic carbocycles. The summed E-state index contributed by atoms with van der Waals surface area (Å²) in [6.07, 6.45) is 1.40. The van der Waals surface area contributed by atoms with E-state index < -0.39 is 22.2 Å². The van der Waals surface area contributed by atoms with Crippen molar-refractivity contribution in [1.82, 2.24) is 4.72 Å². The van der Waals surface area contributed by atoms with E-state index in [2.05, 4.69) is 4.72 Å². The first kappa shape index (κ1) is 18.2. The maximum absolute atomic E-state index is 12.5. The molecule has 0 unspecified atom stereocenters.